The third kappa shape index (κ3) is 2.26. The van der Waals surface area contributed by atoms with Gasteiger partial charge in [-0.15, -0.1) is 0 Å². The lowest BCUT2D eigenvalue weighted by Crippen LogP contribution is -2.44. The summed E-state index contributed by atoms with van der Waals surface area (Å²) in [4.78, 5) is 23.0. The van der Waals surface area contributed by atoms with Gasteiger partial charge in [-0.1, -0.05) is 0 Å². The van der Waals surface area contributed by atoms with Crippen LogP contribution in [0.5, 0.6) is 0 Å². The number of carbonyl (C=O) groups is 2. The van der Waals surface area contributed by atoms with Crippen molar-refractivity contribution in [3.8, 4) is 0 Å². The van der Waals surface area contributed by atoms with Crippen molar-refractivity contribution in [2.24, 2.45) is 0 Å². The smallest absolute Gasteiger partial charge is 0.319 e. The van der Waals surface area contributed by atoms with E-state index in [1.165, 1.54) is 6.92 Å². The van der Waals surface area contributed by atoms with Gasteiger partial charge in [-0.05, 0) is 41.9 Å². The zero-order chi connectivity index (χ0) is 12.6. The Morgan fingerprint density at radius 2 is 2.18 bits per heavy atom. The van der Waals surface area contributed by atoms with E-state index in [1.54, 1.807) is 19.1 Å². The van der Waals surface area contributed by atoms with E-state index in [0.29, 0.717) is 21.7 Å². The van der Waals surface area contributed by atoms with Crippen LogP contribution in [0.1, 0.15) is 25.6 Å². The third-order valence-electron chi connectivity index (χ3n) is 2.53. The molecule has 1 aliphatic rings. The van der Waals surface area contributed by atoms with E-state index in [9.17, 15) is 9.59 Å². The summed E-state index contributed by atoms with van der Waals surface area (Å²) < 4.78 is 5.94. The maximum atomic E-state index is 11.6. The van der Waals surface area contributed by atoms with Crippen LogP contribution in [0.25, 0.3) is 0 Å². The quantitative estimate of drug-likeness (QED) is 0.880. The van der Waals surface area contributed by atoms with Crippen LogP contribution < -0.4 is 10.6 Å². The van der Waals surface area contributed by atoms with Gasteiger partial charge in [0.1, 0.15) is 11.8 Å². The zero-order valence-corrected chi connectivity index (χ0v) is 10.9. The molecule has 1 aromatic rings. The van der Waals surface area contributed by atoms with Gasteiger partial charge in [0.15, 0.2) is 10.5 Å². The van der Waals surface area contributed by atoms with E-state index in [-0.39, 0.29) is 11.8 Å². The van der Waals surface area contributed by atoms with Crippen molar-refractivity contribution < 1.29 is 14.0 Å². The van der Waals surface area contributed by atoms with Crippen molar-refractivity contribution >= 4 is 27.7 Å². The maximum absolute atomic E-state index is 11.6. The van der Waals surface area contributed by atoms with Crippen LogP contribution in [0.3, 0.4) is 0 Å². The Morgan fingerprint density at radius 3 is 2.71 bits per heavy atom. The first kappa shape index (κ1) is 11.9. The molecule has 0 bridgehead atoms. The molecule has 90 valence electrons. The van der Waals surface area contributed by atoms with Gasteiger partial charge in [0.05, 0.1) is 0 Å². The van der Waals surface area contributed by atoms with E-state index < -0.39 is 6.04 Å². The van der Waals surface area contributed by atoms with Crippen molar-refractivity contribution in [2.45, 2.75) is 19.9 Å². The molecule has 0 radical (unpaired) electrons. The number of nitrogens with one attached hydrogen (secondary N) is 2. The predicted molar refractivity (Wildman–Crippen MR) is 64.2 cm³/mol. The van der Waals surface area contributed by atoms with Crippen molar-refractivity contribution in [1.29, 1.82) is 0 Å². The highest BCUT2D eigenvalue weighted by Gasteiger charge is 2.31. The Labute approximate surface area is 106 Å². The second kappa shape index (κ2) is 4.37. The maximum Gasteiger partial charge on any atom is 0.319 e. The highest BCUT2D eigenvalue weighted by molar-refractivity contribution is 9.10. The van der Waals surface area contributed by atoms with Gasteiger partial charge in [0, 0.05) is 11.3 Å². The van der Waals surface area contributed by atoms with Gasteiger partial charge < -0.3 is 15.1 Å². The average Bonchev–Trinajstić information content (AvgIpc) is 2.62. The van der Waals surface area contributed by atoms with Gasteiger partial charge in [0.25, 0.3) is 0 Å². The number of urea groups is 1. The molecule has 1 atom stereocenters. The summed E-state index contributed by atoms with van der Waals surface area (Å²) in [5.74, 6) is 0.420. The van der Waals surface area contributed by atoms with Crippen LogP contribution in [0, 0.1) is 0 Å². The van der Waals surface area contributed by atoms with E-state index in [1.807, 2.05) is 0 Å². The lowest BCUT2D eigenvalue weighted by molar-refractivity contribution is -0.114. The summed E-state index contributed by atoms with van der Waals surface area (Å²) >= 11 is 3.19. The molecular formula is C11H11BrN2O3. The van der Waals surface area contributed by atoms with Crippen LogP contribution in [-0.4, -0.2) is 11.8 Å². The summed E-state index contributed by atoms with van der Waals surface area (Å²) in [6, 6.07) is 2.56. The topological polar surface area (TPSA) is 71.3 Å². The average molecular weight is 299 g/mol. The molecule has 2 amide bonds. The molecular weight excluding hydrogens is 288 g/mol. The number of ketones is 1. The summed E-state index contributed by atoms with van der Waals surface area (Å²) in [5.41, 5.74) is 1.06. The molecule has 0 aromatic carbocycles. The molecule has 0 spiro atoms. The Balaban J connectivity index is 2.46. The molecule has 1 aliphatic heterocycles. The normalized spacial score (nSPS) is 19.9. The largest absolute Gasteiger partial charge is 0.452 e. The fourth-order valence-corrected chi connectivity index (χ4v) is 2.18. The number of amides is 2. The van der Waals surface area contributed by atoms with Crippen molar-refractivity contribution in [2.75, 3.05) is 0 Å². The Hall–Kier alpha value is -1.56. The number of hydrogen-bond acceptors (Lipinski definition) is 3. The van der Waals surface area contributed by atoms with Gasteiger partial charge in [0.2, 0.25) is 0 Å². The first-order valence-corrected chi connectivity index (χ1v) is 5.83. The lowest BCUT2D eigenvalue weighted by atomic mass is 9.97. The first-order chi connectivity index (χ1) is 7.99. The Bertz CT molecular complexity index is 519. The highest BCUT2D eigenvalue weighted by Crippen LogP contribution is 2.29. The van der Waals surface area contributed by atoms with Crippen LogP contribution in [0.4, 0.5) is 4.79 Å². The van der Waals surface area contributed by atoms with Crippen LogP contribution in [0.2, 0.25) is 0 Å². The Morgan fingerprint density at radius 1 is 1.47 bits per heavy atom. The minimum atomic E-state index is -0.535. The number of hydrogen-bond donors (Lipinski definition) is 2. The fourth-order valence-electron chi connectivity index (χ4n) is 1.86. The molecule has 0 saturated heterocycles. The molecule has 2 N–H and O–H groups in total. The van der Waals surface area contributed by atoms with E-state index in [2.05, 4.69) is 26.6 Å². The molecule has 0 fully saturated rings. The Kier molecular flexibility index (Phi) is 3.06. The van der Waals surface area contributed by atoms with E-state index >= 15 is 0 Å². The molecule has 1 unspecified atom stereocenters. The number of furan rings is 1. The van der Waals surface area contributed by atoms with Crippen LogP contribution in [-0.2, 0) is 4.79 Å². The molecule has 6 heteroatoms. The van der Waals surface area contributed by atoms with Crippen molar-refractivity contribution in [3.63, 3.8) is 0 Å². The summed E-state index contributed by atoms with van der Waals surface area (Å²) in [6.45, 7) is 3.16. The molecule has 5 nitrogen and oxygen atoms in total. The van der Waals surface area contributed by atoms with Crippen LogP contribution in [0.15, 0.2) is 32.5 Å². The summed E-state index contributed by atoms with van der Waals surface area (Å²) in [6.07, 6.45) is 0. The second-order valence-corrected chi connectivity index (χ2v) is 4.55. The predicted octanol–water partition coefficient (Wildman–Crippen LogP) is 2.26. The SMILES string of the molecule is CC(=O)C1=C(C)NC(=O)NC1c1ccc(Br)o1. The van der Waals surface area contributed by atoms with Gasteiger partial charge in [-0.3, -0.25) is 4.79 Å². The molecule has 1 aromatic heterocycles. The number of allylic oxidation sites excluding steroid dienone is 1. The fraction of sp³-hybridized carbons (Fsp3) is 0.273. The highest BCUT2D eigenvalue weighted by atomic mass is 79.9. The number of rotatable bonds is 2. The third-order valence-corrected chi connectivity index (χ3v) is 2.95. The number of halogens is 1. The minimum absolute atomic E-state index is 0.104. The van der Waals surface area contributed by atoms with Crippen LogP contribution >= 0.6 is 15.9 Å². The van der Waals surface area contributed by atoms with Crippen molar-refractivity contribution in [1.82, 2.24) is 10.6 Å². The van der Waals surface area contributed by atoms with Gasteiger partial charge in [-0.2, -0.15) is 0 Å². The standard InChI is InChI=1S/C11H11BrN2O3/c1-5-9(6(2)15)10(14-11(16)13-5)7-3-4-8(12)17-7/h3-4,10H,1-2H3,(H2,13,14,16). The first-order valence-electron chi connectivity index (χ1n) is 5.03. The van der Waals surface area contributed by atoms with Crippen molar-refractivity contribution in [3.05, 3.63) is 33.8 Å². The number of Topliss-reactive ketones (excluding diaryl/α,β-unsaturated/α-hetero) is 1. The lowest BCUT2D eigenvalue weighted by Gasteiger charge is -2.26. The summed E-state index contributed by atoms with van der Waals surface area (Å²) in [7, 11) is 0. The van der Waals surface area contributed by atoms with E-state index in [4.69, 9.17) is 4.42 Å². The molecule has 0 aliphatic carbocycles. The monoisotopic (exact) mass is 298 g/mol. The van der Waals surface area contributed by atoms with Gasteiger partial charge >= 0.3 is 6.03 Å². The van der Waals surface area contributed by atoms with E-state index in [0.717, 1.165) is 0 Å². The number of carbonyl (C=O) groups excluding carboxylic acids is 2. The molecule has 0 saturated carbocycles. The molecule has 17 heavy (non-hydrogen) atoms. The second-order valence-electron chi connectivity index (χ2n) is 3.77. The molecule has 2 rings (SSSR count). The van der Waals surface area contributed by atoms with Gasteiger partial charge in [-0.25, -0.2) is 4.79 Å². The summed E-state index contributed by atoms with van der Waals surface area (Å²) in [5, 5.41) is 5.24. The minimum Gasteiger partial charge on any atom is -0.452 e. The molecule has 2 heterocycles. The zero-order valence-electron chi connectivity index (χ0n) is 9.33.